The van der Waals surface area contributed by atoms with Crippen molar-refractivity contribution in [3.8, 4) is 0 Å². The van der Waals surface area contributed by atoms with E-state index in [0.717, 1.165) is 22.0 Å². The lowest BCUT2D eigenvalue weighted by Crippen LogP contribution is -2.04. The SMILES string of the molecule is Cc1ccc2oc(=O)c3cc4ccccc4cc3n12. The number of hydrogen-bond donors (Lipinski definition) is 0. The predicted octanol–water partition coefficient (Wildman–Crippen LogP) is 3.51. The fraction of sp³-hybridized carbons (Fsp3) is 0.0625. The zero-order valence-electron chi connectivity index (χ0n) is 10.4. The van der Waals surface area contributed by atoms with Gasteiger partial charge in [-0.15, -0.1) is 0 Å². The third-order valence-corrected chi connectivity index (χ3v) is 3.56. The molecule has 0 unspecified atom stereocenters. The number of fused-ring (bicyclic) bond motifs is 4. The molecule has 0 amide bonds. The topological polar surface area (TPSA) is 34.6 Å². The highest BCUT2D eigenvalue weighted by Gasteiger charge is 2.09. The molecule has 0 spiro atoms. The van der Waals surface area contributed by atoms with Gasteiger partial charge in [0.25, 0.3) is 0 Å². The molecule has 3 nitrogen and oxygen atoms in total. The lowest BCUT2D eigenvalue weighted by molar-refractivity contribution is 0.548. The monoisotopic (exact) mass is 249 g/mol. The van der Waals surface area contributed by atoms with Crippen molar-refractivity contribution in [3.63, 3.8) is 0 Å². The van der Waals surface area contributed by atoms with Gasteiger partial charge in [0.15, 0.2) is 0 Å². The number of benzene rings is 2. The van der Waals surface area contributed by atoms with Crippen molar-refractivity contribution in [2.75, 3.05) is 0 Å². The molecule has 3 heteroatoms. The Morgan fingerprint density at radius 3 is 2.53 bits per heavy atom. The molecule has 2 aromatic heterocycles. The largest absolute Gasteiger partial charge is 0.405 e. The van der Waals surface area contributed by atoms with Crippen molar-refractivity contribution < 1.29 is 4.42 Å². The minimum absolute atomic E-state index is 0.286. The zero-order chi connectivity index (χ0) is 13.0. The first-order valence-corrected chi connectivity index (χ1v) is 6.18. The molecule has 0 bridgehead atoms. The molecule has 0 saturated carbocycles. The van der Waals surface area contributed by atoms with Crippen LogP contribution in [0.4, 0.5) is 0 Å². The van der Waals surface area contributed by atoms with Crippen LogP contribution >= 0.6 is 0 Å². The Balaban J connectivity index is 2.37. The van der Waals surface area contributed by atoms with Crippen molar-refractivity contribution in [3.05, 3.63) is 64.6 Å². The van der Waals surface area contributed by atoms with E-state index in [2.05, 4.69) is 0 Å². The second-order valence-corrected chi connectivity index (χ2v) is 4.75. The average molecular weight is 249 g/mol. The second kappa shape index (κ2) is 3.48. The summed E-state index contributed by atoms with van der Waals surface area (Å²) >= 11 is 0. The summed E-state index contributed by atoms with van der Waals surface area (Å²) in [5.74, 6) is 0. The Hall–Kier alpha value is -2.55. The molecule has 0 saturated heterocycles. The maximum absolute atomic E-state index is 12.1. The summed E-state index contributed by atoms with van der Waals surface area (Å²) < 4.78 is 7.33. The first kappa shape index (κ1) is 10.4. The van der Waals surface area contributed by atoms with Gasteiger partial charge in [0.2, 0.25) is 5.71 Å². The average Bonchev–Trinajstić information content (AvgIpc) is 2.79. The van der Waals surface area contributed by atoms with E-state index < -0.39 is 0 Å². The summed E-state index contributed by atoms with van der Waals surface area (Å²) in [4.78, 5) is 12.1. The zero-order valence-corrected chi connectivity index (χ0v) is 10.4. The van der Waals surface area contributed by atoms with E-state index in [-0.39, 0.29) is 5.63 Å². The van der Waals surface area contributed by atoms with Gasteiger partial charge in [-0.25, -0.2) is 4.79 Å². The van der Waals surface area contributed by atoms with Gasteiger partial charge in [-0.1, -0.05) is 24.3 Å². The number of hydrogen-bond acceptors (Lipinski definition) is 2. The lowest BCUT2D eigenvalue weighted by Gasteiger charge is -2.05. The Morgan fingerprint density at radius 1 is 1.00 bits per heavy atom. The minimum atomic E-state index is -0.286. The van der Waals surface area contributed by atoms with Crippen LogP contribution in [0, 0.1) is 6.92 Å². The third kappa shape index (κ3) is 1.35. The maximum Gasteiger partial charge on any atom is 0.346 e. The summed E-state index contributed by atoms with van der Waals surface area (Å²) in [5.41, 5.74) is 2.25. The van der Waals surface area contributed by atoms with E-state index in [1.165, 1.54) is 0 Å². The third-order valence-electron chi connectivity index (χ3n) is 3.56. The summed E-state index contributed by atoms with van der Waals surface area (Å²) in [7, 11) is 0. The molecule has 2 aromatic carbocycles. The standard InChI is InChI=1S/C16H11NO2/c1-10-6-7-15-17(10)14-9-12-5-3-2-4-11(12)8-13(14)16(18)19-15/h2-9H,1H3. The van der Waals surface area contributed by atoms with E-state index in [4.69, 9.17) is 4.42 Å². The number of aromatic nitrogens is 1. The van der Waals surface area contributed by atoms with Crippen LogP contribution in [0.5, 0.6) is 0 Å². The van der Waals surface area contributed by atoms with Crippen LogP contribution in [0.3, 0.4) is 0 Å². The van der Waals surface area contributed by atoms with Crippen molar-refractivity contribution in [2.24, 2.45) is 0 Å². The Bertz CT molecular complexity index is 992. The summed E-state index contributed by atoms with van der Waals surface area (Å²) in [5, 5.41) is 2.78. The van der Waals surface area contributed by atoms with Crippen molar-refractivity contribution in [1.29, 1.82) is 0 Å². The van der Waals surface area contributed by atoms with Crippen LogP contribution in [0.2, 0.25) is 0 Å². The first-order chi connectivity index (χ1) is 9.24. The molecule has 0 aliphatic rings. The molecule has 0 radical (unpaired) electrons. The quantitative estimate of drug-likeness (QED) is 0.447. The van der Waals surface area contributed by atoms with Gasteiger partial charge in [-0.3, -0.25) is 4.40 Å². The molecule has 4 rings (SSSR count). The highest BCUT2D eigenvalue weighted by molar-refractivity contribution is 5.96. The fourth-order valence-corrected chi connectivity index (χ4v) is 2.63. The van der Waals surface area contributed by atoms with Crippen LogP contribution < -0.4 is 5.63 Å². The number of nitrogens with zero attached hydrogens (tertiary/aromatic N) is 1. The Kier molecular flexibility index (Phi) is 1.90. The van der Waals surface area contributed by atoms with E-state index in [1.807, 2.05) is 59.9 Å². The normalized spacial score (nSPS) is 11.6. The van der Waals surface area contributed by atoms with Crippen molar-refractivity contribution in [2.45, 2.75) is 6.92 Å². The predicted molar refractivity (Wildman–Crippen MR) is 75.7 cm³/mol. The van der Waals surface area contributed by atoms with Crippen LogP contribution in [0.15, 0.2) is 57.7 Å². The molecule has 0 atom stereocenters. The molecule has 0 aliphatic heterocycles. The number of rotatable bonds is 0. The molecule has 4 aromatic rings. The maximum atomic E-state index is 12.1. The Morgan fingerprint density at radius 2 is 1.74 bits per heavy atom. The highest BCUT2D eigenvalue weighted by Crippen LogP contribution is 2.23. The van der Waals surface area contributed by atoms with Gasteiger partial charge in [0.1, 0.15) is 0 Å². The van der Waals surface area contributed by atoms with E-state index in [1.54, 1.807) is 0 Å². The van der Waals surface area contributed by atoms with Gasteiger partial charge in [-0.05, 0) is 35.9 Å². The molecule has 2 heterocycles. The van der Waals surface area contributed by atoms with Gasteiger partial charge >= 0.3 is 5.63 Å². The van der Waals surface area contributed by atoms with Crippen LogP contribution in [0.25, 0.3) is 27.4 Å². The van der Waals surface area contributed by atoms with Crippen LogP contribution in [0.1, 0.15) is 5.69 Å². The highest BCUT2D eigenvalue weighted by atomic mass is 16.4. The molecule has 0 fully saturated rings. The van der Waals surface area contributed by atoms with E-state index in [0.29, 0.717) is 11.1 Å². The molecular weight excluding hydrogens is 238 g/mol. The molecule has 0 N–H and O–H groups in total. The van der Waals surface area contributed by atoms with Gasteiger partial charge < -0.3 is 4.42 Å². The van der Waals surface area contributed by atoms with E-state index >= 15 is 0 Å². The van der Waals surface area contributed by atoms with Crippen LogP contribution in [-0.4, -0.2) is 4.40 Å². The number of aryl methyl sites for hydroxylation is 1. The van der Waals surface area contributed by atoms with Gasteiger partial charge in [0, 0.05) is 11.8 Å². The lowest BCUT2D eigenvalue weighted by atomic mass is 10.1. The van der Waals surface area contributed by atoms with Gasteiger partial charge in [0.05, 0.1) is 10.9 Å². The minimum Gasteiger partial charge on any atom is -0.405 e. The first-order valence-electron chi connectivity index (χ1n) is 6.18. The molecule has 0 aliphatic carbocycles. The van der Waals surface area contributed by atoms with Crippen molar-refractivity contribution >= 4 is 27.4 Å². The fourth-order valence-electron chi connectivity index (χ4n) is 2.63. The van der Waals surface area contributed by atoms with Crippen molar-refractivity contribution in [1.82, 2.24) is 4.40 Å². The molecular formula is C16H11NO2. The second-order valence-electron chi connectivity index (χ2n) is 4.75. The summed E-state index contributed by atoms with van der Waals surface area (Å²) in [6.45, 7) is 2.00. The van der Waals surface area contributed by atoms with E-state index in [9.17, 15) is 4.79 Å². The van der Waals surface area contributed by atoms with Crippen LogP contribution in [-0.2, 0) is 0 Å². The molecule has 92 valence electrons. The summed E-state index contributed by atoms with van der Waals surface area (Å²) in [6, 6.07) is 15.7. The molecule has 19 heavy (non-hydrogen) atoms. The Labute approximate surface area is 108 Å². The van der Waals surface area contributed by atoms with Gasteiger partial charge in [-0.2, -0.15) is 0 Å². The summed E-state index contributed by atoms with van der Waals surface area (Å²) in [6.07, 6.45) is 0. The smallest absolute Gasteiger partial charge is 0.346 e.